The van der Waals surface area contributed by atoms with Gasteiger partial charge in [-0.2, -0.15) is 0 Å². The largest absolute Gasteiger partial charge is 0.401 e. The third-order valence-corrected chi connectivity index (χ3v) is 3.75. The average molecular weight is 369 g/mol. The predicted molar refractivity (Wildman–Crippen MR) is 112 cm³/mol. The number of hydrogen-bond donors (Lipinski definition) is 3. The van der Waals surface area contributed by atoms with E-state index in [4.69, 9.17) is 17.2 Å². The maximum Gasteiger partial charge on any atom is 0.123 e. The highest BCUT2D eigenvalue weighted by Gasteiger charge is 2.12. The Morgan fingerprint density at radius 3 is 2.43 bits per heavy atom. The van der Waals surface area contributed by atoms with Gasteiger partial charge in [-0.1, -0.05) is 24.5 Å². The van der Waals surface area contributed by atoms with Crippen LogP contribution in [0.25, 0.3) is 11.0 Å². The quantitative estimate of drug-likeness (QED) is 0.479. The van der Waals surface area contributed by atoms with Crippen LogP contribution in [0.15, 0.2) is 77.6 Å². The van der Waals surface area contributed by atoms with E-state index in [1.54, 1.807) is 37.6 Å². The molecule has 0 aliphatic carbocycles. The summed E-state index contributed by atoms with van der Waals surface area (Å²) in [5.41, 5.74) is 22.0. The molecule has 0 aliphatic rings. The van der Waals surface area contributed by atoms with Gasteiger partial charge in [0.15, 0.2) is 0 Å². The maximum absolute atomic E-state index is 6.11. The highest BCUT2D eigenvalue weighted by Crippen LogP contribution is 2.17. The molecule has 2 heterocycles. The summed E-state index contributed by atoms with van der Waals surface area (Å²) in [4.78, 5) is 17.0. The number of nitrogens with two attached hydrogens (primary N) is 3. The van der Waals surface area contributed by atoms with Gasteiger partial charge in [-0.3, -0.25) is 9.97 Å². The van der Waals surface area contributed by atoms with E-state index >= 15 is 0 Å². The maximum atomic E-state index is 6.11. The number of nitrogens with zero attached hydrogens (tertiary/aromatic N) is 4. The lowest BCUT2D eigenvalue weighted by Crippen LogP contribution is -2.12. The van der Waals surface area contributed by atoms with Crippen molar-refractivity contribution in [2.24, 2.45) is 16.5 Å². The number of nitrogen functional groups attached to an aromatic ring is 1. The molecule has 0 saturated heterocycles. The van der Waals surface area contributed by atoms with E-state index in [0.29, 0.717) is 28.4 Å². The zero-order chi connectivity index (χ0) is 20.1. The fourth-order valence-electron chi connectivity index (χ4n) is 2.48. The molecule has 3 aromatic rings. The summed E-state index contributed by atoms with van der Waals surface area (Å²) in [5, 5.41) is 0. The Morgan fingerprint density at radius 1 is 1.04 bits per heavy atom. The lowest BCUT2D eigenvalue weighted by molar-refractivity contribution is 1.24. The average Bonchev–Trinajstić information content (AvgIpc) is 2.67. The van der Waals surface area contributed by atoms with Crippen LogP contribution in [0.1, 0.15) is 18.1 Å². The molecule has 0 fully saturated rings. The number of benzene rings is 1. The lowest BCUT2D eigenvalue weighted by atomic mass is 10.00. The molecular formula is C21H19N7. The van der Waals surface area contributed by atoms with E-state index in [1.165, 1.54) is 0 Å². The number of allylic oxidation sites excluding steroid dienone is 2. The van der Waals surface area contributed by atoms with E-state index < -0.39 is 0 Å². The first-order chi connectivity index (χ1) is 13.4. The molecule has 0 unspecified atom stereocenters. The second-order valence-corrected chi connectivity index (χ2v) is 5.99. The number of fused-ring (bicyclic) bond motifs is 1. The highest BCUT2D eigenvalue weighted by molar-refractivity contribution is 6.17. The zero-order valence-electron chi connectivity index (χ0n) is 15.3. The second-order valence-electron chi connectivity index (χ2n) is 5.99. The normalized spacial score (nSPS) is 12.1. The molecule has 138 valence electrons. The summed E-state index contributed by atoms with van der Waals surface area (Å²) in [6.45, 7) is 5.43. The van der Waals surface area contributed by atoms with Gasteiger partial charge in [-0.25, -0.2) is 9.98 Å². The third-order valence-electron chi connectivity index (χ3n) is 3.75. The summed E-state index contributed by atoms with van der Waals surface area (Å²) in [6, 6.07) is 9.05. The summed E-state index contributed by atoms with van der Waals surface area (Å²) in [5.74, 6) is 6.66. The molecule has 1 aromatic carbocycles. The van der Waals surface area contributed by atoms with Crippen LogP contribution in [0.5, 0.6) is 0 Å². The first-order valence-electron chi connectivity index (χ1n) is 8.38. The third kappa shape index (κ3) is 4.31. The number of aliphatic imine (C=N–C) groups is 1. The van der Waals surface area contributed by atoms with Gasteiger partial charge in [-0.15, -0.1) is 0 Å². The molecule has 0 aliphatic heterocycles. The van der Waals surface area contributed by atoms with Crippen molar-refractivity contribution >= 4 is 22.6 Å². The first kappa shape index (κ1) is 18.6. The van der Waals surface area contributed by atoms with Crippen molar-refractivity contribution in [1.82, 2.24) is 15.0 Å². The Balaban J connectivity index is 2.11. The second kappa shape index (κ2) is 8.01. The monoisotopic (exact) mass is 369 g/mol. The van der Waals surface area contributed by atoms with Crippen LogP contribution >= 0.6 is 0 Å². The molecule has 0 radical (unpaired) electrons. The van der Waals surface area contributed by atoms with Crippen molar-refractivity contribution in [2.75, 3.05) is 5.73 Å². The van der Waals surface area contributed by atoms with Gasteiger partial charge in [0.2, 0.25) is 0 Å². The number of aromatic nitrogens is 3. The molecule has 2 aromatic heterocycles. The molecule has 0 amide bonds. The minimum absolute atomic E-state index is 0.143. The van der Waals surface area contributed by atoms with Gasteiger partial charge in [0.25, 0.3) is 0 Å². The number of anilines is 1. The minimum atomic E-state index is 0.143. The van der Waals surface area contributed by atoms with Crippen LogP contribution in [0, 0.1) is 11.8 Å². The van der Waals surface area contributed by atoms with Gasteiger partial charge in [0.1, 0.15) is 11.6 Å². The van der Waals surface area contributed by atoms with Crippen LogP contribution in [-0.2, 0) is 0 Å². The minimum Gasteiger partial charge on any atom is -0.401 e. The standard InChI is InChI=1S/C21H19N7/c1-13(22)17(6-3-15-4-8-20(24)27-12-15)21(28-14(2)23)16-5-7-18-19(11-16)26-10-9-25-18/h4-5,7-12H,2,22-23H2,1H3,(H2,24,27)/b17-13-,28-21?. The molecule has 7 nitrogen and oxygen atoms in total. The fourth-order valence-corrected chi connectivity index (χ4v) is 2.48. The van der Waals surface area contributed by atoms with Crippen molar-refractivity contribution in [3.05, 3.63) is 83.7 Å². The Kier molecular flexibility index (Phi) is 5.33. The molecule has 0 atom stereocenters. The van der Waals surface area contributed by atoms with Gasteiger partial charge in [-0.05, 0) is 31.2 Å². The van der Waals surface area contributed by atoms with Crippen LogP contribution in [0.3, 0.4) is 0 Å². The topological polar surface area (TPSA) is 129 Å². The van der Waals surface area contributed by atoms with Crippen molar-refractivity contribution < 1.29 is 0 Å². The number of hydrogen-bond acceptors (Lipinski definition) is 7. The van der Waals surface area contributed by atoms with Gasteiger partial charge in [0.05, 0.1) is 22.3 Å². The predicted octanol–water partition coefficient (Wildman–Crippen LogP) is 2.11. The molecule has 0 saturated carbocycles. The number of pyridine rings is 1. The van der Waals surface area contributed by atoms with Crippen molar-refractivity contribution in [3.8, 4) is 11.8 Å². The van der Waals surface area contributed by atoms with Crippen LogP contribution in [-0.4, -0.2) is 20.7 Å². The molecular weight excluding hydrogens is 350 g/mol. The van der Waals surface area contributed by atoms with Crippen molar-refractivity contribution in [3.63, 3.8) is 0 Å². The van der Waals surface area contributed by atoms with E-state index in [0.717, 1.165) is 16.6 Å². The Hall–Kier alpha value is -4.18. The zero-order valence-corrected chi connectivity index (χ0v) is 15.3. The van der Waals surface area contributed by atoms with Crippen LogP contribution < -0.4 is 17.2 Å². The first-order valence-corrected chi connectivity index (χ1v) is 8.38. The molecule has 28 heavy (non-hydrogen) atoms. The van der Waals surface area contributed by atoms with E-state index in [2.05, 4.69) is 38.4 Å². The summed E-state index contributed by atoms with van der Waals surface area (Å²) in [6.07, 6.45) is 4.86. The van der Waals surface area contributed by atoms with Crippen LogP contribution in [0.2, 0.25) is 0 Å². The number of rotatable bonds is 3. The highest BCUT2D eigenvalue weighted by atomic mass is 14.9. The summed E-state index contributed by atoms with van der Waals surface area (Å²) < 4.78 is 0. The molecule has 0 bridgehead atoms. The molecule has 6 N–H and O–H groups in total. The lowest BCUT2D eigenvalue weighted by Gasteiger charge is -2.09. The van der Waals surface area contributed by atoms with Gasteiger partial charge >= 0.3 is 0 Å². The summed E-state index contributed by atoms with van der Waals surface area (Å²) in [7, 11) is 0. The summed E-state index contributed by atoms with van der Waals surface area (Å²) >= 11 is 0. The van der Waals surface area contributed by atoms with Gasteiger partial charge < -0.3 is 17.2 Å². The Labute approximate surface area is 162 Å². The Bertz CT molecular complexity index is 1160. The van der Waals surface area contributed by atoms with Crippen molar-refractivity contribution in [2.45, 2.75) is 6.92 Å². The van der Waals surface area contributed by atoms with E-state index in [1.807, 2.05) is 18.2 Å². The smallest absolute Gasteiger partial charge is 0.123 e. The van der Waals surface area contributed by atoms with E-state index in [-0.39, 0.29) is 5.82 Å². The Morgan fingerprint density at radius 2 is 1.79 bits per heavy atom. The van der Waals surface area contributed by atoms with E-state index in [9.17, 15) is 0 Å². The molecule has 7 heteroatoms. The van der Waals surface area contributed by atoms with Crippen LogP contribution in [0.4, 0.5) is 5.82 Å². The molecule has 0 spiro atoms. The fraction of sp³-hybridized carbons (Fsp3) is 0.0476. The SMILES string of the molecule is C=C(N)N=C(/C(C#Cc1ccc(N)nc1)=C(/C)N)c1ccc2nccnc2c1. The van der Waals surface area contributed by atoms with Gasteiger partial charge in [0, 0.05) is 35.4 Å². The van der Waals surface area contributed by atoms with Crippen molar-refractivity contribution in [1.29, 1.82) is 0 Å². The molecule has 3 rings (SSSR count).